The lowest BCUT2D eigenvalue weighted by atomic mass is 9.45. The average molecular weight is 535 g/mol. The number of allylic oxidation sites excluding steroid dienone is 1. The van der Waals surface area contributed by atoms with Crippen LogP contribution in [0.25, 0.3) is 0 Å². The van der Waals surface area contributed by atoms with Crippen molar-refractivity contribution in [3.8, 4) is 0 Å². The zero-order valence-electron chi connectivity index (χ0n) is 23.1. The summed E-state index contributed by atoms with van der Waals surface area (Å²) in [6.07, 6.45) is 5.56. The molecule has 9 nitrogen and oxygen atoms in total. The minimum atomic E-state index is -1.60. The number of Topliss-reactive ketones (excluding diaryl/α,β-unsaturated/α-hetero) is 1. The Labute approximate surface area is 224 Å². The molecule has 3 saturated carbocycles. The van der Waals surface area contributed by atoms with Gasteiger partial charge in [-0.25, -0.2) is 9.59 Å². The molecule has 0 unspecified atom stereocenters. The van der Waals surface area contributed by atoms with Crippen molar-refractivity contribution in [3.63, 3.8) is 0 Å². The minimum absolute atomic E-state index is 0.00173. The summed E-state index contributed by atoms with van der Waals surface area (Å²) in [5.74, 6) is -0.337. The fraction of sp³-hybridized carbons (Fsp3) is 0.793. The molecule has 1 N–H and O–H groups in total. The number of hydrogen-bond donors (Lipinski definition) is 1. The highest BCUT2D eigenvalue weighted by molar-refractivity contribution is 5.93. The van der Waals surface area contributed by atoms with Crippen molar-refractivity contribution in [2.75, 3.05) is 20.3 Å². The molecule has 0 aromatic heterocycles. The molecule has 4 aliphatic rings. The largest absolute Gasteiger partial charge is 0.509 e. The maximum absolute atomic E-state index is 13.8. The lowest BCUT2D eigenvalue weighted by molar-refractivity contribution is -0.187. The number of ether oxygens (including phenoxy) is 4. The third-order valence-electron chi connectivity index (χ3n) is 10.2. The average Bonchev–Trinajstić information content (AvgIpc) is 3.17. The maximum atomic E-state index is 13.8. The van der Waals surface area contributed by atoms with E-state index in [4.69, 9.17) is 14.2 Å². The number of hydrogen-bond acceptors (Lipinski definition) is 9. The second-order valence-corrected chi connectivity index (χ2v) is 12.0. The van der Waals surface area contributed by atoms with Gasteiger partial charge in [0, 0.05) is 11.8 Å². The number of aliphatic hydroxyl groups excluding tert-OH is 1. The number of aliphatic hydroxyl groups is 1. The van der Waals surface area contributed by atoms with Crippen molar-refractivity contribution in [2.24, 2.45) is 28.6 Å². The van der Waals surface area contributed by atoms with Gasteiger partial charge in [-0.3, -0.25) is 9.59 Å². The van der Waals surface area contributed by atoms with Crippen molar-refractivity contribution in [2.45, 2.75) is 96.7 Å². The quantitative estimate of drug-likeness (QED) is 0.341. The molecular formula is C29H42O9. The Morgan fingerprint density at radius 2 is 1.82 bits per heavy atom. The third kappa shape index (κ3) is 4.75. The molecule has 0 aromatic rings. The summed E-state index contributed by atoms with van der Waals surface area (Å²) < 4.78 is 20.8. The van der Waals surface area contributed by atoms with E-state index in [1.807, 2.05) is 13.8 Å². The molecule has 0 heterocycles. The molecule has 0 spiro atoms. The number of unbranched alkanes of at least 4 members (excludes halogenated alkanes) is 2. The second kappa shape index (κ2) is 11.0. The van der Waals surface area contributed by atoms with Crippen LogP contribution in [0.2, 0.25) is 0 Å². The molecule has 4 aliphatic carbocycles. The van der Waals surface area contributed by atoms with Crippen LogP contribution < -0.4 is 0 Å². The molecule has 7 atom stereocenters. The summed E-state index contributed by atoms with van der Waals surface area (Å²) in [6, 6.07) is 0. The smallest absolute Gasteiger partial charge is 0.438 e. The van der Waals surface area contributed by atoms with Gasteiger partial charge < -0.3 is 24.1 Å². The fourth-order valence-electron chi connectivity index (χ4n) is 8.34. The number of ketones is 2. The minimum Gasteiger partial charge on any atom is -0.438 e. The third-order valence-corrected chi connectivity index (χ3v) is 10.2. The Bertz CT molecular complexity index is 989. The molecule has 4 rings (SSSR count). The van der Waals surface area contributed by atoms with Gasteiger partial charge in [0.05, 0.1) is 19.8 Å². The highest BCUT2D eigenvalue weighted by Gasteiger charge is 2.70. The van der Waals surface area contributed by atoms with Crippen LogP contribution in [0.4, 0.5) is 9.59 Å². The normalized spacial score (nSPS) is 37.7. The molecule has 0 amide bonds. The molecule has 0 radical (unpaired) electrons. The number of fused-ring (bicyclic) bond motifs is 5. The van der Waals surface area contributed by atoms with Crippen molar-refractivity contribution < 1.29 is 43.2 Å². The number of carbonyl (C=O) groups excluding carboxylic acids is 4. The molecule has 9 heteroatoms. The topological polar surface area (TPSA) is 125 Å². The van der Waals surface area contributed by atoms with Crippen LogP contribution >= 0.6 is 0 Å². The number of methoxy groups -OCH3 is 1. The SMILES string of the molecule is CCCCCOC(=O)O[C@]1(C(=O)COC(=O)OC)CC[C@H]2[C@@H]3CCC4=CC(=O)CC[C@]4(C)[C@H]3[C@@H](O)C[C@@]21C. The van der Waals surface area contributed by atoms with E-state index < -0.39 is 41.8 Å². The van der Waals surface area contributed by atoms with E-state index in [1.165, 1.54) is 0 Å². The van der Waals surface area contributed by atoms with Gasteiger partial charge in [0.2, 0.25) is 5.78 Å². The van der Waals surface area contributed by atoms with Gasteiger partial charge in [0.15, 0.2) is 18.0 Å². The Hall–Kier alpha value is -2.42. The molecule has 212 valence electrons. The summed E-state index contributed by atoms with van der Waals surface area (Å²) in [5, 5.41) is 11.7. The van der Waals surface area contributed by atoms with Crippen LogP contribution in [0.3, 0.4) is 0 Å². The van der Waals surface area contributed by atoms with E-state index in [0.29, 0.717) is 25.7 Å². The lowest BCUT2D eigenvalue weighted by Crippen LogP contribution is -2.63. The zero-order chi connectivity index (χ0) is 27.7. The fourth-order valence-corrected chi connectivity index (χ4v) is 8.34. The summed E-state index contributed by atoms with van der Waals surface area (Å²) in [7, 11) is 1.16. The first kappa shape index (κ1) is 28.6. The van der Waals surface area contributed by atoms with Crippen LogP contribution in [-0.4, -0.2) is 61.0 Å². The molecule has 3 fully saturated rings. The van der Waals surface area contributed by atoms with Crippen LogP contribution in [0.5, 0.6) is 0 Å². The van der Waals surface area contributed by atoms with Gasteiger partial charge in [-0.1, -0.05) is 39.2 Å². The first-order valence-corrected chi connectivity index (χ1v) is 14.0. The van der Waals surface area contributed by atoms with Crippen molar-refractivity contribution in [3.05, 3.63) is 11.6 Å². The van der Waals surface area contributed by atoms with E-state index in [-0.39, 0.29) is 48.4 Å². The monoisotopic (exact) mass is 534 g/mol. The van der Waals surface area contributed by atoms with E-state index in [1.54, 1.807) is 6.08 Å². The van der Waals surface area contributed by atoms with Crippen molar-refractivity contribution >= 4 is 23.9 Å². The number of rotatable bonds is 8. The van der Waals surface area contributed by atoms with Crippen LogP contribution in [0, 0.1) is 28.6 Å². The standard InChI is InChI=1S/C29H42O9/c1-5-6-7-14-36-26(34)38-29(23(32)17-37-25(33)35-4)13-11-21-20-9-8-18-15-19(30)10-12-27(18,2)24(20)22(31)16-28(21,29)3/h15,20-22,24,31H,5-14,16-17H2,1-4H3/t20-,21-,22-,24+,27-,28-,29-/m0/s1. The Morgan fingerprint density at radius 1 is 1.05 bits per heavy atom. The lowest BCUT2D eigenvalue weighted by Gasteiger charge is -2.60. The summed E-state index contributed by atoms with van der Waals surface area (Å²) in [5.41, 5.74) is -1.63. The summed E-state index contributed by atoms with van der Waals surface area (Å²) in [6.45, 7) is 5.71. The maximum Gasteiger partial charge on any atom is 0.509 e. The van der Waals surface area contributed by atoms with E-state index in [0.717, 1.165) is 38.4 Å². The summed E-state index contributed by atoms with van der Waals surface area (Å²) >= 11 is 0. The Balaban J connectivity index is 1.64. The van der Waals surface area contributed by atoms with Gasteiger partial charge >= 0.3 is 12.3 Å². The molecule has 0 aromatic carbocycles. The van der Waals surface area contributed by atoms with Gasteiger partial charge in [-0.05, 0) is 74.2 Å². The van der Waals surface area contributed by atoms with Crippen LogP contribution in [0.15, 0.2) is 11.6 Å². The van der Waals surface area contributed by atoms with Gasteiger partial charge in [-0.2, -0.15) is 0 Å². The van der Waals surface area contributed by atoms with E-state index in [2.05, 4.69) is 11.7 Å². The van der Waals surface area contributed by atoms with Gasteiger partial charge in [0.25, 0.3) is 0 Å². The van der Waals surface area contributed by atoms with Gasteiger partial charge in [-0.15, -0.1) is 0 Å². The van der Waals surface area contributed by atoms with E-state index in [9.17, 15) is 24.3 Å². The van der Waals surface area contributed by atoms with Crippen LogP contribution in [0.1, 0.15) is 85.0 Å². The predicted octanol–water partition coefficient (Wildman–Crippen LogP) is 4.92. The first-order valence-electron chi connectivity index (χ1n) is 14.0. The molecular weight excluding hydrogens is 492 g/mol. The highest BCUT2D eigenvalue weighted by atomic mass is 16.7. The molecule has 0 saturated heterocycles. The molecule has 0 bridgehead atoms. The predicted molar refractivity (Wildman–Crippen MR) is 136 cm³/mol. The van der Waals surface area contributed by atoms with E-state index >= 15 is 0 Å². The molecule has 0 aliphatic heterocycles. The highest BCUT2D eigenvalue weighted by Crippen LogP contribution is 2.68. The number of carbonyl (C=O) groups is 4. The van der Waals surface area contributed by atoms with Crippen molar-refractivity contribution in [1.29, 1.82) is 0 Å². The summed E-state index contributed by atoms with van der Waals surface area (Å²) in [4.78, 5) is 50.5. The van der Waals surface area contributed by atoms with Crippen LogP contribution in [-0.2, 0) is 28.5 Å². The Kier molecular flexibility index (Phi) is 8.26. The second-order valence-electron chi connectivity index (χ2n) is 12.0. The van der Waals surface area contributed by atoms with Gasteiger partial charge in [0.1, 0.15) is 0 Å². The zero-order valence-corrected chi connectivity index (χ0v) is 23.1. The van der Waals surface area contributed by atoms with Crippen molar-refractivity contribution in [1.82, 2.24) is 0 Å². The Morgan fingerprint density at radius 3 is 2.53 bits per heavy atom. The first-order chi connectivity index (χ1) is 18.0. The molecule has 38 heavy (non-hydrogen) atoms.